The molecule has 4 atom stereocenters. The van der Waals surface area contributed by atoms with Crippen molar-refractivity contribution in [3.05, 3.63) is 65.7 Å². The van der Waals surface area contributed by atoms with Crippen LogP contribution < -0.4 is 26.1 Å². The molecule has 4 amide bonds. The second-order valence-corrected chi connectivity index (χ2v) is 14.9. The molecule has 0 radical (unpaired) electrons. The van der Waals surface area contributed by atoms with Gasteiger partial charge in [-0.3, -0.25) is 19.9 Å². The predicted molar refractivity (Wildman–Crippen MR) is 203 cm³/mol. The van der Waals surface area contributed by atoms with Crippen LogP contribution in [0.5, 0.6) is 5.75 Å². The number of alkyl carbamates (subject to hydrolysis) is 2. The van der Waals surface area contributed by atoms with Crippen LogP contribution >= 0.6 is 0 Å². The van der Waals surface area contributed by atoms with Gasteiger partial charge in [0, 0.05) is 32.7 Å². The lowest BCUT2D eigenvalue weighted by Crippen LogP contribution is -2.60. The minimum atomic E-state index is -1.21. The van der Waals surface area contributed by atoms with Gasteiger partial charge in [0.2, 0.25) is 5.91 Å². The van der Waals surface area contributed by atoms with E-state index < -0.39 is 53.6 Å². The highest BCUT2D eigenvalue weighted by Gasteiger charge is 2.35. The van der Waals surface area contributed by atoms with Gasteiger partial charge in [0.05, 0.1) is 39.6 Å². The number of aliphatic hydroxyl groups excluding tert-OH is 1. The first-order chi connectivity index (χ1) is 25.7. The summed E-state index contributed by atoms with van der Waals surface area (Å²) >= 11 is 0. The van der Waals surface area contributed by atoms with Gasteiger partial charge in [-0.2, -0.15) is 0 Å². The number of benzene rings is 2. The number of amides is 4. The van der Waals surface area contributed by atoms with Crippen molar-refractivity contribution in [2.75, 3.05) is 60.2 Å². The third-order valence-corrected chi connectivity index (χ3v) is 8.92. The van der Waals surface area contributed by atoms with Crippen molar-refractivity contribution in [1.82, 2.24) is 31.3 Å². The summed E-state index contributed by atoms with van der Waals surface area (Å²) in [7, 11) is 2.45. The second-order valence-electron chi connectivity index (χ2n) is 14.9. The highest BCUT2D eigenvalue weighted by molar-refractivity contribution is 5.86. The molecule has 1 fully saturated rings. The van der Waals surface area contributed by atoms with Crippen LogP contribution in [-0.2, 0) is 36.8 Å². The molecule has 1 heterocycles. The summed E-state index contributed by atoms with van der Waals surface area (Å²) in [6.45, 7) is 13.8. The summed E-state index contributed by atoms with van der Waals surface area (Å²) < 4.78 is 20.9. The van der Waals surface area contributed by atoms with E-state index in [0.29, 0.717) is 18.8 Å². The van der Waals surface area contributed by atoms with Crippen molar-refractivity contribution in [1.29, 1.82) is 0 Å². The number of nitrogens with one attached hydrogen (secondary N) is 4. The third kappa shape index (κ3) is 15.5. The summed E-state index contributed by atoms with van der Waals surface area (Å²) in [6.07, 6.45) is -2.12. The molecule has 0 saturated carbocycles. The van der Waals surface area contributed by atoms with Crippen LogP contribution in [0.4, 0.5) is 9.59 Å². The molecule has 0 spiro atoms. The molecule has 0 unspecified atom stereocenters. The minimum Gasteiger partial charge on any atom is -0.492 e. The fourth-order valence-corrected chi connectivity index (χ4v) is 5.94. The molecule has 0 aliphatic carbocycles. The SMILES string of the molecule is COC(=O)N[C@@H](CC(C)C)C(=O)N[C@@H](Cc1ccccc1)[C@@H](O)CN(Cc1ccc(OCCN2CCOCC2)cc1)NC(=O)[C@@H](NC(=O)OC)C(C)(C)C. The lowest BCUT2D eigenvalue weighted by Gasteiger charge is -2.35. The predicted octanol–water partition coefficient (Wildman–Crippen LogP) is 2.86. The standard InChI is InChI=1S/C39H60N6O9/c1-27(2)23-32(41-37(49)51-6)35(47)40-31(24-28-11-9-8-10-12-28)33(46)26-45(43-36(48)34(39(3,4)5)42-38(50)52-7)25-29-13-15-30(16-14-29)54-22-19-44-17-20-53-21-18-44/h8-16,27,31-34,46H,17-26H2,1-7H3,(H,40,47)(H,41,49)(H,42,50)(H,43,48)/t31-,32-,33-,34+/m0/s1. The normalized spacial score (nSPS) is 15.7. The number of hydrazine groups is 1. The molecule has 1 aliphatic rings. The van der Waals surface area contributed by atoms with E-state index in [1.807, 2.05) is 89.2 Å². The van der Waals surface area contributed by atoms with Gasteiger partial charge in [-0.05, 0) is 47.4 Å². The van der Waals surface area contributed by atoms with E-state index in [2.05, 4.69) is 26.3 Å². The van der Waals surface area contributed by atoms with E-state index in [1.165, 1.54) is 14.2 Å². The van der Waals surface area contributed by atoms with E-state index in [4.69, 9.17) is 18.9 Å². The van der Waals surface area contributed by atoms with Crippen molar-refractivity contribution in [3.8, 4) is 5.75 Å². The van der Waals surface area contributed by atoms with Crippen molar-refractivity contribution < 1.29 is 43.2 Å². The van der Waals surface area contributed by atoms with Gasteiger partial charge in [-0.15, -0.1) is 0 Å². The maximum absolute atomic E-state index is 13.8. The van der Waals surface area contributed by atoms with E-state index in [0.717, 1.165) is 44.0 Å². The molecule has 2 aromatic carbocycles. The first-order valence-corrected chi connectivity index (χ1v) is 18.5. The first kappa shape index (κ1) is 44.0. The molecule has 1 saturated heterocycles. The maximum Gasteiger partial charge on any atom is 0.407 e. The van der Waals surface area contributed by atoms with Crippen molar-refractivity contribution >= 4 is 24.0 Å². The second kappa shape index (κ2) is 22.1. The number of ether oxygens (including phenoxy) is 4. The topological polar surface area (TPSA) is 180 Å². The number of carbonyl (C=O) groups is 4. The smallest absolute Gasteiger partial charge is 0.407 e. The molecule has 15 heteroatoms. The van der Waals surface area contributed by atoms with Gasteiger partial charge in [0.15, 0.2) is 0 Å². The Morgan fingerprint density at radius 2 is 1.50 bits per heavy atom. The van der Waals surface area contributed by atoms with Gasteiger partial charge in [0.25, 0.3) is 5.91 Å². The van der Waals surface area contributed by atoms with Crippen LogP contribution in [0, 0.1) is 11.3 Å². The van der Waals surface area contributed by atoms with Crippen LogP contribution in [0.3, 0.4) is 0 Å². The molecular formula is C39H60N6O9. The number of morpholine rings is 1. The number of hydrogen-bond acceptors (Lipinski definition) is 11. The Bertz CT molecular complexity index is 1450. The van der Waals surface area contributed by atoms with Crippen LogP contribution in [0.25, 0.3) is 0 Å². The number of methoxy groups -OCH3 is 2. The summed E-state index contributed by atoms with van der Waals surface area (Å²) in [4.78, 5) is 54.2. The van der Waals surface area contributed by atoms with Crippen molar-refractivity contribution in [3.63, 3.8) is 0 Å². The summed E-state index contributed by atoms with van der Waals surface area (Å²) in [6, 6.07) is 14.1. The Morgan fingerprint density at radius 3 is 2.09 bits per heavy atom. The van der Waals surface area contributed by atoms with E-state index in [9.17, 15) is 24.3 Å². The zero-order valence-electron chi connectivity index (χ0n) is 32.8. The fourth-order valence-electron chi connectivity index (χ4n) is 5.94. The van der Waals surface area contributed by atoms with Crippen LogP contribution in [0.15, 0.2) is 54.6 Å². The fraction of sp³-hybridized carbons (Fsp3) is 0.590. The van der Waals surface area contributed by atoms with Gasteiger partial charge in [-0.25, -0.2) is 14.6 Å². The Balaban J connectivity index is 1.86. The van der Waals surface area contributed by atoms with Crippen LogP contribution in [-0.4, -0.2) is 123 Å². The zero-order chi connectivity index (χ0) is 39.7. The molecular weight excluding hydrogens is 696 g/mol. The van der Waals surface area contributed by atoms with E-state index in [-0.39, 0.29) is 25.4 Å². The summed E-state index contributed by atoms with van der Waals surface area (Å²) in [5, 5.41) is 21.6. The quantitative estimate of drug-likeness (QED) is 0.133. The third-order valence-electron chi connectivity index (χ3n) is 8.92. The lowest BCUT2D eigenvalue weighted by atomic mass is 9.86. The minimum absolute atomic E-state index is 0.0667. The highest BCUT2D eigenvalue weighted by atomic mass is 16.5. The van der Waals surface area contributed by atoms with Gasteiger partial charge in [0.1, 0.15) is 24.4 Å². The number of aliphatic hydroxyl groups is 1. The van der Waals surface area contributed by atoms with Crippen LogP contribution in [0.1, 0.15) is 52.2 Å². The number of nitrogens with zero attached hydrogens (tertiary/aromatic N) is 2. The molecule has 5 N–H and O–H groups in total. The summed E-state index contributed by atoms with van der Waals surface area (Å²) in [5.41, 5.74) is 3.86. The highest BCUT2D eigenvalue weighted by Crippen LogP contribution is 2.21. The lowest BCUT2D eigenvalue weighted by molar-refractivity contribution is -0.132. The van der Waals surface area contributed by atoms with Gasteiger partial charge < -0.3 is 40.0 Å². The Hall–Kier alpha value is -4.44. The molecule has 54 heavy (non-hydrogen) atoms. The molecule has 15 nitrogen and oxygen atoms in total. The summed E-state index contributed by atoms with van der Waals surface area (Å²) in [5.74, 6) is -0.244. The number of hydrogen-bond donors (Lipinski definition) is 5. The van der Waals surface area contributed by atoms with Gasteiger partial charge >= 0.3 is 12.2 Å². The number of rotatable bonds is 19. The average Bonchev–Trinajstić information content (AvgIpc) is 3.13. The largest absolute Gasteiger partial charge is 0.492 e. The Kier molecular flexibility index (Phi) is 18.0. The average molecular weight is 757 g/mol. The maximum atomic E-state index is 13.8. The Morgan fingerprint density at radius 1 is 0.870 bits per heavy atom. The molecule has 0 bridgehead atoms. The van der Waals surface area contributed by atoms with Crippen molar-refractivity contribution in [2.45, 2.75) is 78.2 Å². The Labute approximate surface area is 319 Å². The zero-order valence-corrected chi connectivity index (χ0v) is 32.8. The van der Waals surface area contributed by atoms with E-state index in [1.54, 1.807) is 5.01 Å². The molecule has 1 aliphatic heterocycles. The van der Waals surface area contributed by atoms with Crippen molar-refractivity contribution in [2.24, 2.45) is 11.3 Å². The number of carbonyl (C=O) groups excluding carboxylic acids is 4. The molecule has 0 aromatic heterocycles. The van der Waals surface area contributed by atoms with Gasteiger partial charge in [-0.1, -0.05) is 77.1 Å². The molecule has 2 aromatic rings. The van der Waals surface area contributed by atoms with Crippen LogP contribution in [0.2, 0.25) is 0 Å². The first-order valence-electron chi connectivity index (χ1n) is 18.5. The molecule has 300 valence electrons. The molecule has 3 rings (SSSR count). The monoisotopic (exact) mass is 756 g/mol. The van der Waals surface area contributed by atoms with E-state index >= 15 is 0 Å².